The first-order chi connectivity index (χ1) is 14.5. The van der Waals surface area contributed by atoms with Crippen LogP contribution in [0.3, 0.4) is 0 Å². The Morgan fingerprint density at radius 3 is 2.39 bits per heavy atom. The first kappa shape index (κ1) is 22.8. The van der Waals surface area contributed by atoms with Gasteiger partial charge in [0.25, 0.3) is 5.91 Å². The lowest BCUT2D eigenvalue weighted by atomic mass is 10.1. The molecule has 3 N–H and O–H groups in total. The van der Waals surface area contributed by atoms with Crippen LogP contribution in [-0.2, 0) is 6.18 Å². The maximum absolute atomic E-state index is 14.5. The molecule has 2 unspecified atom stereocenters. The molecule has 1 heterocycles. The molecule has 1 aliphatic rings. The molecule has 0 aliphatic carbocycles. The Hall–Kier alpha value is -2.92. The first-order valence-corrected chi connectivity index (χ1v) is 10.6. The summed E-state index contributed by atoms with van der Waals surface area (Å²) in [6.07, 6.45) is -3.82. The molecule has 0 fully saturated rings. The van der Waals surface area contributed by atoms with Gasteiger partial charge in [-0.1, -0.05) is 12.1 Å². The number of thiol groups is 1. The second-order valence-electron chi connectivity index (χ2n) is 6.56. The molecule has 31 heavy (non-hydrogen) atoms. The number of nitrogens with two attached hydrogens (primary N) is 1. The van der Waals surface area contributed by atoms with Gasteiger partial charge in [-0.3, -0.25) is 4.79 Å². The smallest absolute Gasteiger partial charge is 0.416 e. The fourth-order valence-corrected chi connectivity index (χ4v) is 4.48. The van der Waals surface area contributed by atoms with Gasteiger partial charge in [0.1, 0.15) is 16.4 Å². The number of primary amides is 1. The van der Waals surface area contributed by atoms with Crippen LogP contribution in [0.1, 0.15) is 21.5 Å². The molecule has 0 radical (unpaired) electrons. The van der Waals surface area contributed by atoms with Gasteiger partial charge < -0.3 is 15.6 Å². The van der Waals surface area contributed by atoms with Gasteiger partial charge in [-0.05, 0) is 35.9 Å². The molecule has 2 aromatic carbocycles. The van der Waals surface area contributed by atoms with Gasteiger partial charge in [0.15, 0.2) is 17.7 Å². The molecule has 0 aromatic heterocycles. The quantitative estimate of drug-likeness (QED) is 0.452. The highest BCUT2D eigenvalue weighted by Crippen LogP contribution is 2.40. The van der Waals surface area contributed by atoms with Gasteiger partial charge in [-0.2, -0.15) is 24.1 Å². The number of halogens is 5. The summed E-state index contributed by atoms with van der Waals surface area (Å²) >= 11 is 0. The maximum atomic E-state index is 14.5. The molecule has 1 aliphatic heterocycles. The fraction of sp³-hybridized carbons (Fsp3) is 0.200. The van der Waals surface area contributed by atoms with E-state index >= 15 is 0 Å². The molecule has 0 spiro atoms. The zero-order chi connectivity index (χ0) is 22.9. The van der Waals surface area contributed by atoms with Crippen LogP contribution in [-0.4, -0.2) is 35.0 Å². The lowest BCUT2D eigenvalue weighted by molar-refractivity contribution is -0.137. The number of nitrogens with zero attached hydrogens (tertiary/aromatic N) is 1. The minimum Gasteiger partial charge on any atom is -0.478 e. The first-order valence-electron chi connectivity index (χ1n) is 8.79. The molecule has 3 rings (SSSR count). The van der Waals surface area contributed by atoms with Crippen molar-refractivity contribution in [3.8, 4) is 5.75 Å². The number of hydrogen-bond donors (Lipinski definition) is 3. The molecule has 0 saturated heterocycles. The van der Waals surface area contributed by atoms with Crippen molar-refractivity contribution in [3.05, 3.63) is 70.1 Å². The van der Waals surface area contributed by atoms with E-state index in [1.165, 1.54) is 12.1 Å². The summed E-state index contributed by atoms with van der Waals surface area (Å²) in [4.78, 5) is 15.6. The number of alkyl halides is 3. The summed E-state index contributed by atoms with van der Waals surface area (Å²) in [6.45, 7) is -0.609. The lowest BCUT2D eigenvalue weighted by Gasteiger charge is -2.21. The maximum Gasteiger partial charge on any atom is 0.416 e. The van der Waals surface area contributed by atoms with Crippen molar-refractivity contribution in [3.63, 3.8) is 0 Å². The van der Waals surface area contributed by atoms with Crippen LogP contribution in [0.15, 0.2) is 46.8 Å². The van der Waals surface area contributed by atoms with Gasteiger partial charge >= 0.3 is 6.18 Å². The normalized spacial score (nSPS) is 18.4. The Morgan fingerprint density at radius 2 is 1.84 bits per heavy atom. The van der Waals surface area contributed by atoms with Crippen molar-refractivity contribution in [2.75, 3.05) is 12.9 Å². The molecular formula is C20H17F5N2O3S. The third-order valence-corrected chi connectivity index (χ3v) is 6.19. The highest BCUT2D eigenvalue weighted by Gasteiger charge is 2.31. The molecule has 0 saturated carbocycles. The highest BCUT2D eigenvalue weighted by molar-refractivity contribution is 8.32. The van der Waals surface area contributed by atoms with E-state index in [1.54, 1.807) is 11.7 Å². The number of carbonyl (C=O) groups is 1. The van der Waals surface area contributed by atoms with E-state index in [0.29, 0.717) is 16.3 Å². The Kier molecular flexibility index (Phi) is 6.37. The summed E-state index contributed by atoms with van der Waals surface area (Å²) in [6, 6.07) is 6.18. The molecule has 11 heteroatoms. The van der Waals surface area contributed by atoms with Crippen LogP contribution in [0.2, 0.25) is 0 Å². The van der Waals surface area contributed by atoms with Gasteiger partial charge in [0.05, 0.1) is 17.9 Å². The predicted octanol–water partition coefficient (Wildman–Crippen LogP) is 3.86. The van der Waals surface area contributed by atoms with Crippen molar-refractivity contribution in [2.45, 2.75) is 12.3 Å². The fourth-order valence-electron chi connectivity index (χ4n) is 2.92. The van der Waals surface area contributed by atoms with E-state index in [4.69, 9.17) is 10.5 Å². The van der Waals surface area contributed by atoms with Gasteiger partial charge in [-0.15, -0.1) is 0 Å². The third kappa shape index (κ3) is 4.72. The average molecular weight is 460 g/mol. The van der Waals surface area contributed by atoms with Crippen LogP contribution in [0.4, 0.5) is 22.0 Å². The summed E-state index contributed by atoms with van der Waals surface area (Å²) < 4.78 is 71.8. The number of hydrogen-bond acceptors (Lipinski definition) is 4. The average Bonchev–Trinajstić information content (AvgIpc) is 3.08. The summed E-state index contributed by atoms with van der Waals surface area (Å²) in [7, 11) is -1.11. The van der Waals surface area contributed by atoms with Crippen LogP contribution < -0.4 is 10.5 Å². The summed E-state index contributed by atoms with van der Waals surface area (Å²) in [5.74, 6) is -4.27. The van der Waals surface area contributed by atoms with E-state index < -0.39 is 64.2 Å². The molecule has 2 aromatic rings. The largest absolute Gasteiger partial charge is 0.478 e. The Labute approximate surface area is 176 Å². The number of aliphatic hydroxyl groups excluding tert-OH is 1. The van der Waals surface area contributed by atoms with Gasteiger partial charge in [-0.25, -0.2) is 13.8 Å². The van der Waals surface area contributed by atoms with Crippen LogP contribution in [0, 0.1) is 11.6 Å². The van der Waals surface area contributed by atoms with Crippen molar-refractivity contribution < 1.29 is 36.6 Å². The molecule has 2 atom stereocenters. The van der Waals surface area contributed by atoms with Gasteiger partial charge in [0, 0.05) is 5.56 Å². The molecule has 166 valence electrons. The monoisotopic (exact) mass is 460 g/mol. The van der Waals surface area contributed by atoms with Crippen molar-refractivity contribution >= 4 is 27.5 Å². The standard InChI is InChI=1S/C20H17F5N2O3S/c1-31-9-13(10-2-4-11(5-3-10)20(23,24)25)27-19(31)15(8-28)30-14-7-6-12(21)16(17(14)22)18(26)29/h2-7,9,15,28,31H,8H2,1H3,(H2,26,29). The zero-order valence-electron chi connectivity index (χ0n) is 16.0. The summed E-state index contributed by atoms with van der Waals surface area (Å²) in [5.41, 5.74) is 4.04. The topological polar surface area (TPSA) is 84.9 Å². The van der Waals surface area contributed by atoms with E-state index in [0.717, 1.165) is 24.3 Å². The second kappa shape index (κ2) is 8.67. The van der Waals surface area contributed by atoms with Crippen molar-refractivity contribution in [1.82, 2.24) is 0 Å². The number of ether oxygens (including phenoxy) is 1. The molecule has 5 nitrogen and oxygen atoms in total. The second-order valence-corrected chi connectivity index (χ2v) is 8.50. The molecule has 0 bridgehead atoms. The third-order valence-electron chi connectivity index (χ3n) is 4.45. The van der Waals surface area contributed by atoms with E-state index in [1.807, 2.05) is 0 Å². The minimum absolute atomic E-state index is 0.344. The SMILES string of the molecule is C[SH]1C=C(c2ccc(C(F)(F)F)cc2)N=C1C(CO)Oc1ccc(F)c(C(N)=O)c1F. The zero-order valence-corrected chi connectivity index (χ0v) is 16.8. The number of aliphatic hydroxyl groups is 1. The summed E-state index contributed by atoms with van der Waals surface area (Å²) in [5, 5.41) is 11.8. The Bertz CT molecular complexity index is 1070. The van der Waals surface area contributed by atoms with E-state index in [2.05, 4.69) is 4.99 Å². The van der Waals surface area contributed by atoms with Gasteiger partial charge in [0.2, 0.25) is 0 Å². The number of rotatable bonds is 6. The van der Waals surface area contributed by atoms with Crippen LogP contribution in [0.25, 0.3) is 5.70 Å². The van der Waals surface area contributed by atoms with Crippen LogP contribution in [0.5, 0.6) is 5.75 Å². The molecule has 1 amide bonds. The molecular weight excluding hydrogens is 443 g/mol. The Balaban J connectivity index is 1.87. The van der Waals surface area contributed by atoms with E-state index in [-0.39, 0.29) is 0 Å². The van der Waals surface area contributed by atoms with E-state index in [9.17, 15) is 31.9 Å². The van der Waals surface area contributed by atoms with Crippen molar-refractivity contribution in [2.24, 2.45) is 10.7 Å². The highest BCUT2D eigenvalue weighted by atomic mass is 32.2. The predicted molar refractivity (Wildman–Crippen MR) is 108 cm³/mol. The Morgan fingerprint density at radius 1 is 1.19 bits per heavy atom. The number of amides is 1. The number of carbonyl (C=O) groups excluding carboxylic acids is 1. The van der Waals surface area contributed by atoms with Crippen LogP contribution >= 0.6 is 10.9 Å². The minimum atomic E-state index is -4.47. The number of aliphatic imine (C=N–C) groups is 1. The van der Waals surface area contributed by atoms with Crippen molar-refractivity contribution in [1.29, 1.82) is 0 Å². The number of benzene rings is 2. The lowest BCUT2D eigenvalue weighted by Crippen LogP contribution is -2.30.